The van der Waals surface area contributed by atoms with Gasteiger partial charge in [-0.3, -0.25) is 10.1 Å². The van der Waals surface area contributed by atoms with E-state index in [-0.39, 0.29) is 10.6 Å². The highest BCUT2D eigenvalue weighted by molar-refractivity contribution is 5.50. The van der Waals surface area contributed by atoms with Crippen LogP contribution in [0.4, 0.5) is 11.4 Å². The molecule has 1 aliphatic heterocycles. The van der Waals surface area contributed by atoms with Gasteiger partial charge in [0.2, 0.25) is 0 Å². The van der Waals surface area contributed by atoms with Gasteiger partial charge in [-0.2, -0.15) is 0 Å². The number of rotatable bonds is 3. The highest BCUT2D eigenvalue weighted by Crippen LogP contribution is 2.23. The van der Waals surface area contributed by atoms with E-state index in [9.17, 15) is 10.1 Å². The number of nitrogens with one attached hydrogen (secondary N) is 1. The molecule has 1 aromatic rings. The van der Waals surface area contributed by atoms with Crippen LogP contribution in [0.2, 0.25) is 0 Å². The average Bonchev–Trinajstić information content (AvgIpc) is 2.55. The molecule has 2 fully saturated rings. The number of nitro groups is 1. The van der Waals surface area contributed by atoms with Gasteiger partial charge in [0, 0.05) is 24.2 Å². The van der Waals surface area contributed by atoms with Crippen LogP contribution in [0.25, 0.3) is 0 Å². The van der Waals surface area contributed by atoms with Crippen LogP contribution in [0.1, 0.15) is 32.6 Å². The maximum Gasteiger partial charge on any atom is 0.269 e. The number of benzene rings is 1. The van der Waals surface area contributed by atoms with Crippen molar-refractivity contribution in [3.05, 3.63) is 34.4 Å². The van der Waals surface area contributed by atoms with Crippen molar-refractivity contribution in [2.24, 2.45) is 5.92 Å². The van der Waals surface area contributed by atoms with Gasteiger partial charge in [0.05, 0.1) is 37.1 Å². The van der Waals surface area contributed by atoms with E-state index >= 15 is 0 Å². The normalized spacial score (nSPS) is 26.9. The summed E-state index contributed by atoms with van der Waals surface area (Å²) in [5, 5.41) is 10.7. The summed E-state index contributed by atoms with van der Waals surface area (Å²) >= 11 is 0. The van der Waals surface area contributed by atoms with Gasteiger partial charge in [0.15, 0.2) is 0 Å². The van der Waals surface area contributed by atoms with Crippen LogP contribution in [0.3, 0.4) is 0 Å². The van der Waals surface area contributed by atoms with E-state index in [2.05, 4.69) is 11.8 Å². The molecule has 1 aliphatic carbocycles. The Morgan fingerprint density at radius 2 is 1.86 bits per heavy atom. The maximum absolute atomic E-state index is 10.7. The van der Waals surface area contributed by atoms with Gasteiger partial charge in [0.1, 0.15) is 0 Å². The summed E-state index contributed by atoms with van der Waals surface area (Å²) in [7, 11) is 0. The first-order valence-electron chi connectivity index (χ1n) is 8.47. The SMILES string of the molecule is C[C@H]1CCC[C@@H]([NH+]2CCN(c3ccc([N+](=O)[O-])cc3)CC2)C1. The van der Waals surface area contributed by atoms with E-state index in [1.54, 1.807) is 17.0 Å². The highest BCUT2D eigenvalue weighted by atomic mass is 16.6. The monoisotopic (exact) mass is 304 g/mol. The van der Waals surface area contributed by atoms with Crippen molar-refractivity contribution >= 4 is 11.4 Å². The number of anilines is 1. The molecule has 0 radical (unpaired) electrons. The van der Waals surface area contributed by atoms with Crippen LogP contribution in [0.15, 0.2) is 24.3 Å². The van der Waals surface area contributed by atoms with E-state index in [0.717, 1.165) is 30.7 Å². The minimum absolute atomic E-state index is 0.171. The number of piperazine rings is 1. The molecule has 1 saturated heterocycles. The Bertz CT molecular complexity index is 509. The third-order valence-corrected chi connectivity index (χ3v) is 5.35. The van der Waals surface area contributed by atoms with Gasteiger partial charge in [-0.1, -0.05) is 13.3 Å². The average molecular weight is 304 g/mol. The molecule has 0 spiro atoms. The van der Waals surface area contributed by atoms with Crippen LogP contribution in [0, 0.1) is 16.0 Å². The lowest BCUT2D eigenvalue weighted by Gasteiger charge is -2.40. The predicted molar refractivity (Wildman–Crippen MR) is 87.4 cm³/mol. The smallest absolute Gasteiger partial charge is 0.269 e. The largest absolute Gasteiger partial charge is 0.360 e. The Hall–Kier alpha value is -1.62. The number of nitro benzene ring substituents is 1. The molecule has 2 aliphatic rings. The van der Waals surface area contributed by atoms with E-state index in [4.69, 9.17) is 0 Å². The molecule has 3 rings (SSSR count). The van der Waals surface area contributed by atoms with Crippen LogP contribution in [-0.4, -0.2) is 37.1 Å². The molecule has 2 atom stereocenters. The van der Waals surface area contributed by atoms with Crippen LogP contribution in [-0.2, 0) is 0 Å². The molecule has 1 aromatic carbocycles. The third kappa shape index (κ3) is 3.40. The van der Waals surface area contributed by atoms with E-state index in [1.165, 1.54) is 38.8 Å². The zero-order valence-corrected chi connectivity index (χ0v) is 13.3. The Balaban J connectivity index is 1.56. The van der Waals surface area contributed by atoms with Crippen molar-refractivity contribution in [2.45, 2.75) is 38.6 Å². The van der Waals surface area contributed by atoms with Crippen molar-refractivity contribution < 1.29 is 9.82 Å². The van der Waals surface area contributed by atoms with E-state index in [0.29, 0.717) is 0 Å². The minimum atomic E-state index is -0.337. The third-order valence-electron chi connectivity index (χ3n) is 5.35. The van der Waals surface area contributed by atoms with Gasteiger partial charge < -0.3 is 9.80 Å². The summed E-state index contributed by atoms with van der Waals surface area (Å²) in [4.78, 5) is 14.5. The molecular formula is C17H26N3O2+. The van der Waals surface area contributed by atoms with Crippen molar-refractivity contribution in [1.82, 2.24) is 0 Å². The van der Waals surface area contributed by atoms with Gasteiger partial charge in [-0.05, 0) is 30.9 Å². The summed E-state index contributed by atoms with van der Waals surface area (Å²) in [5.41, 5.74) is 1.28. The molecule has 0 aromatic heterocycles. The number of hydrogen-bond acceptors (Lipinski definition) is 3. The second kappa shape index (κ2) is 6.65. The number of quaternary nitrogens is 1. The lowest BCUT2D eigenvalue weighted by atomic mass is 9.86. The van der Waals surface area contributed by atoms with Gasteiger partial charge in [-0.15, -0.1) is 0 Å². The van der Waals surface area contributed by atoms with Crippen LogP contribution >= 0.6 is 0 Å². The lowest BCUT2D eigenvalue weighted by molar-refractivity contribution is -0.927. The van der Waals surface area contributed by atoms with Crippen molar-refractivity contribution in [3.63, 3.8) is 0 Å². The number of hydrogen-bond donors (Lipinski definition) is 1. The fourth-order valence-corrected chi connectivity index (χ4v) is 4.05. The quantitative estimate of drug-likeness (QED) is 0.685. The van der Waals surface area contributed by atoms with Crippen LogP contribution < -0.4 is 9.80 Å². The number of non-ortho nitro benzene ring substituents is 1. The van der Waals surface area contributed by atoms with Crippen molar-refractivity contribution in [2.75, 3.05) is 31.1 Å². The summed E-state index contributed by atoms with van der Waals surface area (Å²) in [6.07, 6.45) is 5.56. The first kappa shape index (κ1) is 15.3. The fraction of sp³-hybridized carbons (Fsp3) is 0.647. The molecular weight excluding hydrogens is 278 g/mol. The van der Waals surface area contributed by atoms with E-state index < -0.39 is 0 Å². The zero-order valence-electron chi connectivity index (χ0n) is 13.3. The highest BCUT2D eigenvalue weighted by Gasteiger charge is 2.30. The topological polar surface area (TPSA) is 50.8 Å². The first-order valence-corrected chi connectivity index (χ1v) is 8.47. The van der Waals surface area contributed by atoms with Crippen molar-refractivity contribution in [3.8, 4) is 0 Å². The molecule has 5 nitrogen and oxygen atoms in total. The number of nitrogens with zero attached hydrogens (tertiary/aromatic N) is 2. The second-order valence-electron chi connectivity index (χ2n) is 6.89. The molecule has 1 heterocycles. The summed E-state index contributed by atoms with van der Waals surface area (Å²) in [6.45, 7) is 6.87. The Labute approximate surface area is 132 Å². The molecule has 5 heteroatoms. The summed E-state index contributed by atoms with van der Waals surface area (Å²) in [6, 6.07) is 7.83. The predicted octanol–water partition coefficient (Wildman–Crippen LogP) is 1.88. The molecule has 1 N–H and O–H groups in total. The molecule has 0 bridgehead atoms. The first-order chi connectivity index (χ1) is 10.6. The van der Waals surface area contributed by atoms with Gasteiger partial charge >= 0.3 is 0 Å². The molecule has 120 valence electrons. The Morgan fingerprint density at radius 3 is 2.45 bits per heavy atom. The molecule has 0 amide bonds. The van der Waals surface area contributed by atoms with Crippen LogP contribution in [0.5, 0.6) is 0 Å². The van der Waals surface area contributed by atoms with Gasteiger partial charge in [-0.25, -0.2) is 0 Å². The maximum atomic E-state index is 10.7. The second-order valence-corrected chi connectivity index (χ2v) is 6.89. The Kier molecular flexibility index (Phi) is 4.62. The molecule has 1 saturated carbocycles. The zero-order chi connectivity index (χ0) is 15.5. The molecule has 22 heavy (non-hydrogen) atoms. The summed E-state index contributed by atoms with van der Waals surface area (Å²) in [5.74, 6) is 0.888. The fourth-order valence-electron chi connectivity index (χ4n) is 4.05. The van der Waals surface area contributed by atoms with Gasteiger partial charge in [0.25, 0.3) is 5.69 Å². The standard InChI is InChI=1S/C17H25N3O2/c1-14-3-2-4-17(13-14)19-11-9-18(10-12-19)15-5-7-16(8-6-15)20(21)22/h5-8,14,17H,2-4,9-13H2,1H3/p+1/t14-,17+/m0/s1. The van der Waals surface area contributed by atoms with E-state index in [1.807, 2.05) is 12.1 Å². The molecule has 0 unspecified atom stereocenters. The summed E-state index contributed by atoms with van der Waals surface area (Å²) < 4.78 is 0. The Morgan fingerprint density at radius 1 is 1.18 bits per heavy atom. The van der Waals surface area contributed by atoms with Crippen molar-refractivity contribution in [1.29, 1.82) is 0 Å². The lowest BCUT2D eigenvalue weighted by Crippen LogP contribution is -3.18. The minimum Gasteiger partial charge on any atom is -0.360 e.